The minimum atomic E-state index is 0. The highest BCUT2D eigenvalue weighted by Gasteiger charge is 2.40. The zero-order valence-electron chi connectivity index (χ0n) is 11.8. The van der Waals surface area contributed by atoms with Crippen LogP contribution < -0.4 is 17.0 Å². The number of likely N-dealkylation sites (tertiary alicyclic amines) is 1. The van der Waals surface area contributed by atoms with Gasteiger partial charge < -0.3 is 26.6 Å². The second-order valence-electron chi connectivity index (χ2n) is 5.12. The van der Waals surface area contributed by atoms with Gasteiger partial charge in [-0.2, -0.15) is 0 Å². The fraction of sp³-hybridized carbons (Fsp3) is 0.571. The van der Waals surface area contributed by atoms with Gasteiger partial charge in [-0.1, -0.05) is 46.6 Å². The van der Waals surface area contributed by atoms with E-state index < -0.39 is 0 Å². The van der Waals surface area contributed by atoms with Gasteiger partial charge >= 0.3 is 0 Å². The second kappa shape index (κ2) is 8.62. The Morgan fingerprint density at radius 2 is 1.90 bits per heavy atom. The molecule has 21 heavy (non-hydrogen) atoms. The summed E-state index contributed by atoms with van der Waals surface area (Å²) < 4.78 is 0.942. The summed E-state index contributed by atoms with van der Waals surface area (Å²) in [6, 6.07) is 3.55. The van der Waals surface area contributed by atoms with E-state index in [4.69, 9.17) is 34.8 Å². The van der Waals surface area contributed by atoms with Gasteiger partial charge in [-0.3, -0.25) is 0 Å². The number of aliphatic hydroxyl groups is 1. The number of halogens is 4. The van der Waals surface area contributed by atoms with Crippen molar-refractivity contribution >= 4 is 46.6 Å². The van der Waals surface area contributed by atoms with Crippen LogP contribution in [0.15, 0.2) is 17.0 Å². The van der Waals surface area contributed by atoms with Gasteiger partial charge in [0.15, 0.2) is 0 Å². The summed E-state index contributed by atoms with van der Waals surface area (Å²) in [4.78, 5) is 0.974. The molecule has 0 radical (unpaired) electrons. The third kappa shape index (κ3) is 4.43. The number of benzene rings is 1. The van der Waals surface area contributed by atoms with Crippen molar-refractivity contribution in [2.45, 2.75) is 30.0 Å². The van der Waals surface area contributed by atoms with Crippen LogP contribution in [0.4, 0.5) is 0 Å². The lowest BCUT2D eigenvalue weighted by molar-refractivity contribution is -0.924. The molecule has 2 rings (SSSR count). The Balaban J connectivity index is 0.00000220. The van der Waals surface area contributed by atoms with Crippen molar-refractivity contribution in [1.82, 2.24) is 0 Å². The molecule has 2 nitrogen and oxygen atoms in total. The van der Waals surface area contributed by atoms with Crippen molar-refractivity contribution in [3.05, 3.63) is 27.2 Å². The molecule has 1 aromatic rings. The molecule has 1 saturated heterocycles. The highest BCUT2D eigenvalue weighted by molar-refractivity contribution is 7.99. The SMILES string of the molecule is CC[N+]1(CCO)CCCC1Sc1cc(Cl)c(Cl)cc1Cl.[Br-]. The predicted octanol–water partition coefficient (Wildman–Crippen LogP) is 1.69. The number of quaternary nitrogens is 1. The molecule has 1 aromatic carbocycles. The summed E-state index contributed by atoms with van der Waals surface area (Å²) in [6.07, 6.45) is 2.32. The number of likely N-dealkylation sites (N-methyl/N-ethyl adjacent to an activating group) is 1. The van der Waals surface area contributed by atoms with Crippen LogP contribution in [0, 0.1) is 0 Å². The first-order chi connectivity index (χ1) is 9.52. The van der Waals surface area contributed by atoms with Crippen molar-refractivity contribution < 1.29 is 26.6 Å². The van der Waals surface area contributed by atoms with Gasteiger partial charge in [0, 0.05) is 17.7 Å². The van der Waals surface area contributed by atoms with Gasteiger partial charge in [0.2, 0.25) is 0 Å². The maximum absolute atomic E-state index is 9.35. The molecule has 2 atom stereocenters. The molecule has 0 aliphatic carbocycles. The Morgan fingerprint density at radius 3 is 2.52 bits per heavy atom. The topological polar surface area (TPSA) is 20.2 Å². The zero-order valence-corrected chi connectivity index (χ0v) is 16.5. The molecule has 1 aliphatic heterocycles. The average Bonchev–Trinajstić information content (AvgIpc) is 2.80. The molecular formula is C14H19BrCl3NOS. The number of thioether (sulfide) groups is 1. The summed E-state index contributed by atoms with van der Waals surface area (Å²) in [5.41, 5.74) is 0. The molecule has 1 fully saturated rings. The van der Waals surface area contributed by atoms with E-state index >= 15 is 0 Å². The quantitative estimate of drug-likeness (QED) is 0.561. The van der Waals surface area contributed by atoms with Crippen molar-refractivity contribution in [2.24, 2.45) is 0 Å². The second-order valence-corrected chi connectivity index (χ2v) is 7.56. The summed E-state index contributed by atoms with van der Waals surface area (Å²) >= 11 is 20.1. The van der Waals surface area contributed by atoms with Crippen LogP contribution >= 0.6 is 46.6 Å². The first kappa shape index (κ1) is 19.9. The van der Waals surface area contributed by atoms with E-state index in [1.807, 2.05) is 6.07 Å². The van der Waals surface area contributed by atoms with E-state index in [1.54, 1.807) is 17.8 Å². The summed E-state index contributed by atoms with van der Waals surface area (Å²) in [5, 5.41) is 11.4. The minimum Gasteiger partial charge on any atom is -1.00 e. The molecule has 0 aromatic heterocycles. The van der Waals surface area contributed by atoms with E-state index in [0.717, 1.165) is 35.4 Å². The molecule has 0 saturated carbocycles. The van der Waals surface area contributed by atoms with E-state index in [0.29, 0.717) is 20.4 Å². The maximum Gasteiger partial charge on any atom is 0.140 e. The Bertz CT molecular complexity index is 492. The standard InChI is InChI=1S/C14H19Cl3NOS.BrH/c1-2-18(6-7-19)5-3-4-14(18)20-13-9-11(16)10(15)8-12(13)17;/h8-9,14,19H,2-7H2,1H3;1H/q+1;/p-1. The first-order valence-corrected chi connectivity index (χ1v) is 8.81. The number of aliphatic hydroxyl groups excluding tert-OH is 1. The van der Waals surface area contributed by atoms with Gasteiger partial charge in [-0.25, -0.2) is 0 Å². The van der Waals surface area contributed by atoms with Crippen LogP contribution in [-0.2, 0) is 0 Å². The van der Waals surface area contributed by atoms with Crippen LogP contribution in [0.1, 0.15) is 19.8 Å². The van der Waals surface area contributed by atoms with Crippen LogP contribution in [0.25, 0.3) is 0 Å². The van der Waals surface area contributed by atoms with Crippen LogP contribution in [-0.4, -0.2) is 41.2 Å². The lowest BCUT2D eigenvalue weighted by Crippen LogP contribution is -3.00. The highest BCUT2D eigenvalue weighted by atomic mass is 79.9. The van der Waals surface area contributed by atoms with Gasteiger partial charge in [0.25, 0.3) is 0 Å². The largest absolute Gasteiger partial charge is 1.00 e. The summed E-state index contributed by atoms with van der Waals surface area (Å²) in [5.74, 6) is 0. The third-order valence-corrected chi connectivity index (χ3v) is 6.77. The zero-order chi connectivity index (χ0) is 14.8. The van der Waals surface area contributed by atoms with Gasteiger partial charge in [-0.05, 0) is 19.1 Å². The Morgan fingerprint density at radius 1 is 1.24 bits per heavy atom. The van der Waals surface area contributed by atoms with Gasteiger partial charge in [0.05, 0.1) is 34.8 Å². The minimum absolute atomic E-state index is 0. The molecule has 0 spiro atoms. The molecule has 1 heterocycles. The van der Waals surface area contributed by atoms with Crippen molar-refractivity contribution in [3.8, 4) is 0 Å². The summed E-state index contributed by atoms with van der Waals surface area (Å²) in [7, 11) is 0. The lowest BCUT2D eigenvalue weighted by atomic mass is 10.3. The molecular weight excluding hydrogens is 416 g/mol. The number of hydrogen-bond acceptors (Lipinski definition) is 2. The fourth-order valence-electron chi connectivity index (χ4n) is 2.89. The van der Waals surface area contributed by atoms with Crippen LogP contribution in [0.5, 0.6) is 0 Å². The van der Waals surface area contributed by atoms with Crippen molar-refractivity contribution in [3.63, 3.8) is 0 Å². The Labute approximate surface area is 156 Å². The van der Waals surface area contributed by atoms with E-state index in [1.165, 1.54) is 6.42 Å². The fourth-order valence-corrected chi connectivity index (χ4v) is 5.15. The highest BCUT2D eigenvalue weighted by Crippen LogP contribution is 2.43. The van der Waals surface area contributed by atoms with E-state index in [-0.39, 0.29) is 23.6 Å². The monoisotopic (exact) mass is 433 g/mol. The number of hydrogen-bond donors (Lipinski definition) is 1. The van der Waals surface area contributed by atoms with Gasteiger partial charge in [-0.15, -0.1) is 0 Å². The van der Waals surface area contributed by atoms with Crippen LogP contribution in [0.2, 0.25) is 15.1 Å². The lowest BCUT2D eigenvalue weighted by Gasteiger charge is -2.38. The molecule has 2 unspecified atom stereocenters. The average molecular weight is 436 g/mol. The molecule has 1 N–H and O–H groups in total. The van der Waals surface area contributed by atoms with E-state index in [9.17, 15) is 5.11 Å². The molecule has 0 amide bonds. The molecule has 120 valence electrons. The first-order valence-electron chi connectivity index (χ1n) is 6.80. The summed E-state index contributed by atoms with van der Waals surface area (Å²) in [6.45, 7) is 5.35. The van der Waals surface area contributed by atoms with Crippen molar-refractivity contribution in [1.29, 1.82) is 0 Å². The van der Waals surface area contributed by atoms with Gasteiger partial charge in [0.1, 0.15) is 11.9 Å². The maximum atomic E-state index is 9.35. The Hall–Kier alpha value is 0.840. The molecule has 0 bridgehead atoms. The predicted molar refractivity (Wildman–Crippen MR) is 88.0 cm³/mol. The van der Waals surface area contributed by atoms with Crippen LogP contribution in [0.3, 0.4) is 0 Å². The number of rotatable bonds is 5. The Kier molecular flexibility index (Phi) is 8.17. The van der Waals surface area contributed by atoms with E-state index in [2.05, 4.69) is 6.92 Å². The number of nitrogens with zero attached hydrogens (tertiary/aromatic N) is 1. The normalized spacial score (nSPS) is 24.9. The van der Waals surface area contributed by atoms with Crippen molar-refractivity contribution in [2.75, 3.05) is 26.2 Å². The molecule has 1 aliphatic rings. The molecule has 7 heteroatoms. The third-order valence-electron chi connectivity index (χ3n) is 4.08. The smallest absolute Gasteiger partial charge is 0.140 e.